The number of aryl methyl sites for hydroxylation is 2. The summed E-state index contributed by atoms with van der Waals surface area (Å²) in [5.74, 6) is -0.538. The molecule has 0 aliphatic rings. The lowest BCUT2D eigenvalue weighted by Crippen LogP contribution is -2.17. The molecular weight excluding hydrogens is 396 g/mol. The van der Waals surface area contributed by atoms with Crippen LogP contribution in [0.4, 0.5) is 5.69 Å². The Morgan fingerprint density at radius 3 is 2.37 bits per heavy atom. The summed E-state index contributed by atoms with van der Waals surface area (Å²) in [4.78, 5) is 12.7. The van der Waals surface area contributed by atoms with Crippen molar-refractivity contribution in [2.75, 3.05) is 11.1 Å². The fraction of sp³-hybridized carbons (Fsp3) is 0.208. The summed E-state index contributed by atoms with van der Waals surface area (Å²) >= 11 is 0. The summed E-state index contributed by atoms with van der Waals surface area (Å²) in [6.45, 7) is 4.86. The number of hydrogen-bond donors (Lipinski definition) is 1. The summed E-state index contributed by atoms with van der Waals surface area (Å²) < 4.78 is 27.2. The van der Waals surface area contributed by atoms with Crippen LogP contribution in [0, 0.1) is 6.92 Å². The van der Waals surface area contributed by atoms with Gasteiger partial charge < -0.3 is 9.88 Å². The molecule has 6 heteroatoms. The third-order valence-corrected chi connectivity index (χ3v) is 7.08. The van der Waals surface area contributed by atoms with E-state index in [1.807, 2.05) is 37.3 Å². The van der Waals surface area contributed by atoms with Crippen LogP contribution in [0.2, 0.25) is 0 Å². The van der Waals surface area contributed by atoms with Crippen LogP contribution in [-0.2, 0) is 21.2 Å². The minimum absolute atomic E-state index is 0.0923. The Balaban J connectivity index is 1.52. The Labute approximate surface area is 176 Å². The molecule has 0 saturated carbocycles. The van der Waals surface area contributed by atoms with E-state index in [0.717, 1.165) is 33.9 Å². The number of anilines is 1. The first-order chi connectivity index (χ1) is 14.4. The number of benzene rings is 3. The van der Waals surface area contributed by atoms with Gasteiger partial charge in [0.25, 0.3) is 0 Å². The van der Waals surface area contributed by atoms with Crippen molar-refractivity contribution in [1.82, 2.24) is 4.57 Å². The van der Waals surface area contributed by atoms with Crippen LogP contribution >= 0.6 is 0 Å². The van der Waals surface area contributed by atoms with Crippen LogP contribution < -0.4 is 5.32 Å². The molecule has 1 aromatic heterocycles. The first kappa shape index (κ1) is 20.2. The number of rotatable bonds is 6. The Kier molecular flexibility index (Phi) is 5.35. The number of carbonyl (C=O) groups is 1. The van der Waals surface area contributed by atoms with Crippen molar-refractivity contribution in [3.05, 3.63) is 72.3 Å². The lowest BCUT2D eigenvalue weighted by Gasteiger charge is -2.08. The minimum atomic E-state index is -3.49. The van der Waals surface area contributed by atoms with E-state index in [1.54, 1.807) is 24.3 Å². The van der Waals surface area contributed by atoms with Gasteiger partial charge in [0.2, 0.25) is 5.91 Å². The maximum absolute atomic E-state index is 12.5. The van der Waals surface area contributed by atoms with Gasteiger partial charge in [0.15, 0.2) is 9.84 Å². The van der Waals surface area contributed by atoms with Crippen LogP contribution in [0.5, 0.6) is 0 Å². The van der Waals surface area contributed by atoms with E-state index in [1.165, 1.54) is 0 Å². The van der Waals surface area contributed by atoms with Gasteiger partial charge in [-0.05, 0) is 50.2 Å². The molecule has 0 fully saturated rings. The Morgan fingerprint density at radius 1 is 0.933 bits per heavy atom. The molecule has 154 valence electrons. The topological polar surface area (TPSA) is 68.2 Å². The van der Waals surface area contributed by atoms with Gasteiger partial charge in [0, 0.05) is 40.5 Å². The van der Waals surface area contributed by atoms with Crippen molar-refractivity contribution in [3.8, 4) is 0 Å². The molecule has 4 aromatic rings. The second-order valence-corrected chi connectivity index (χ2v) is 9.53. The predicted molar refractivity (Wildman–Crippen MR) is 122 cm³/mol. The van der Waals surface area contributed by atoms with Crippen molar-refractivity contribution in [1.29, 1.82) is 0 Å². The fourth-order valence-corrected chi connectivity index (χ4v) is 5.03. The van der Waals surface area contributed by atoms with Crippen molar-refractivity contribution in [2.45, 2.75) is 31.7 Å². The maximum atomic E-state index is 12.5. The molecule has 0 bridgehead atoms. The highest BCUT2D eigenvalue weighted by molar-refractivity contribution is 7.91. The van der Waals surface area contributed by atoms with Gasteiger partial charge in [0.1, 0.15) is 0 Å². The SMILES string of the molecule is CCn1c2ccccc2c2cc(NC(=O)CCS(=O)(=O)c3ccc(C)cc3)ccc21. The molecule has 0 radical (unpaired) electrons. The molecule has 30 heavy (non-hydrogen) atoms. The lowest BCUT2D eigenvalue weighted by atomic mass is 10.1. The van der Waals surface area contributed by atoms with Crippen molar-refractivity contribution in [2.24, 2.45) is 0 Å². The second-order valence-electron chi connectivity index (χ2n) is 7.42. The summed E-state index contributed by atoms with van der Waals surface area (Å²) in [6, 6.07) is 20.7. The van der Waals surface area contributed by atoms with E-state index in [0.29, 0.717) is 5.69 Å². The molecule has 0 aliphatic heterocycles. The van der Waals surface area contributed by atoms with E-state index in [9.17, 15) is 13.2 Å². The van der Waals surface area contributed by atoms with Crippen molar-refractivity contribution >= 4 is 43.2 Å². The summed E-state index contributed by atoms with van der Waals surface area (Å²) in [5, 5.41) is 5.05. The molecule has 4 rings (SSSR count). The van der Waals surface area contributed by atoms with Crippen LogP contribution in [-0.4, -0.2) is 24.6 Å². The highest BCUT2D eigenvalue weighted by Crippen LogP contribution is 2.31. The molecule has 5 nitrogen and oxygen atoms in total. The van der Waals surface area contributed by atoms with Crippen LogP contribution in [0.1, 0.15) is 18.9 Å². The van der Waals surface area contributed by atoms with Gasteiger partial charge in [-0.25, -0.2) is 8.42 Å². The Bertz CT molecular complexity index is 1340. The third kappa shape index (κ3) is 3.83. The molecular formula is C24H24N2O3S. The van der Waals surface area contributed by atoms with E-state index in [4.69, 9.17) is 0 Å². The zero-order valence-electron chi connectivity index (χ0n) is 17.1. The molecule has 0 atom stereocenters. The number of aromatic nitrogens is 1. The summed E-state index contributed by atoms with van der Waals surface area (Å²) in [6.07, 6.45) is -0.0923. The predicted octanol–water partition coefficient (Wildman–Crippen LogP) is 4.93. The number of fused-ring (bicyclic) bond motifs is 3. The van der Waals surface area contributed by atoms with E-state index in [-0.39, 0.29) is 23.0 Å². The summed E-state index contributed by atoms with van der Waals surface area (Å²) in [7, 11) is -3.49. The molecule has 0 aliphatic carbocycles. The molecule has 0 spiro atoms. The van der Waals surface area contributed by atoms with E-state index >= 15 is 0 Å². The number of nitrogens with one attached hydrogen (secondary N) is 1. The smallest absolute Gasteiger partial charge is 0.225 e. The van der Waals surface area contributed by atoms with Crippen LogP contribution in [0.3, 0.4) is 0 Å². The number of sulfone groups is 1. The maximum Gasteiger partial charge on any atom is 0.225 e. The molecule has 1 amide bonds. The number of amides is 1. The molecule has 3 aromatic carbocycles. The molecule has 1 N–H and O–H groups in total. The van der Waals surface area contributed by atoms with Crippen molar-refractivity contribution < 1.29 is 13.2 Å². The first-order valence-corrected chi connectivity index (χ1v) is 11.6. The summed E-state index contributed by atoms with van der Waals surface area (Å²) in [5.41, 5.74) is 3.92. The molecule has 0 unspecified atom stereocenters. The number of hydrogen-bond acceptors (Lipinski definition) is 3. The van der Waals surface area contributed by atoms with Crippen molar-refractivity contribution in [3.63, 3.8) is 0 Å². The molecule has 1 heterocycles. The van der Waals surface area contributed by atoms with Gasteiger partial charge in [-0.2, -0.15) is 0 Å². The first-order valence-electron chi connectivity index (χ1n) is 9.99. The molecule has 0 saturated heterocycles. The monoisotopic (exact) mass is 420 g/mol. The largest absolute Gasteiger partial charge is 0.341 e. The number of para-hydroxylation sites is 1. The number of nitrogens with zero attached hydrogens (tertiary/aromatic N) is 1. The normalized spacial score (nSPS) is 11.8. The van der Waals surface area contributed by atoms with Crippen LogP contribution in [0.15, 0.2) is 71.6 Å². The van der Waals surface area contributed by atoms with E-state index < -0.39 is 9.84 Å². The third-order valence-electron chi connectivity index (χ3n) is 5.35. The van der Waals surface area contributed by atoms with E-state index in [2.05, 4.69) is 28.9 Å². The minimum Gasteiger partial charge on any atom is -0.341 e. The number of carbonyl (C=O) groups excluding carboxylic acids is 1. The highest BCUT2D eigenvalue weighted by atomic mass is 32.2. The van der Waals surface area contributed by atoms with Gasteiger partial charge in [-0.1, -0.05) is 35.9 Å². The zero-order chi connectivity index (χ0) is 21.3. The standard InChI is InChI=1S/C24H24N2O3S/c1-3-26-22-7-5-4-6-20(22)21-16-18(10-13-23(21)26)25-24(27)14-15-30(28,29)19-11-8-17(2)9-12-19/h4-13,16H,3,14-15H2,1-2H3,(H,25,27). The second kappa shape index (κ2) is 7.95. The Hall–Kier alpha value is -3.12. The zero-order valence-corrected chi connectivity index (χ0v) is 17.9. The highest BCUT2D eigenvalue weighted by Gasteiger charge is 2.17. The quantitative estimate of drug-likeness (QED) is 0.481. The average molecular weight is 421 g/mol. The fourth-order valence-electron chi connectivity index (χ4n) is 3.79. The average Bonchev–Trinajstić information content (AvgIpc) is 3.06. The van der Waals surface area contributed by atoms with Gasteiger partial charge in [-0.15, -0.1) is 0 Å². The van der Waals surface area contributed by atoms with Crippen LogP contribution in [0.25, 0.3) is 21.8 Å². The van der Waals surface area contributed by atoms with Gasteiger partial charge in [0.05, 0.1) is 10.6 Å². The Morgan fingerprint density at radius 2 is 1.63 bits per heavy atom. The van der Waals surface area contributed by atoms with Gasteiger partial charge in [-0.3, -0.25) is 4.79 Å². The van der Waals surface area contributed by atoms with Gasteiger partial charge >= 0.3 is 0 Å². The lowest BCUT2D eigenvalue weighted by molar-refractivity contribution is -0.115.